The van der Waals surface area contributed by atoms with Gasteiger partial charge in [-0.1, -0.05) is 35.9 Å². The molecule has 1 saturated heterocycles. The van der Waals surface area contributed by atoms with Gasteiger partial charge in [-0.25, -0.2) is 13.8 Å². The van der Waals surface area contributed by atoms with Crippen LogP contribution in [0.4, 0.5) is 8.78 Å². The number of benzene rings is 1. The fraction of sp³-hybridized carbons (Fsp3) is 0.364. The number of aromatic nitrogens is 2. The number of nitrogens with zero attached hydrogens (tertiary/aromatic N) is 1. The van der Waals surface area contributed by atoms with Crippen molar-refractivity contribution in [2.75, 3.05) is 13.1 Å². The van der Waals surface area contributed by atoms with Crippen molar-refractivity contribution < 1.29 is 22.9 Å². The molecule has 5 nitrogen and oxygen atoms in total. The number of amides is 1. The predicted molar refractivity (Wildman–Crippen MR) is 110 cm³/mol. The lowest BCUT2D eigenvalue weighted by atomic mass is 10.1. The maximum Gasteiger partial charge on any atom is 0.316 e. The summed E-state index contributed by atoms with van der Waals surface area (Å²) in [6, 6.07) is 12.8. The van der Waals surface area contributed by atoms with E-state index < -0.39 is 5.92 Å². The number of quaternary nitrogens is 1. The average Bonchev–Trinajstić information content (AvgIpc) is 3.08. The summed E-state index contributed by atoms with van der Waals surface area (Å²) >= 11 is 6.26. The van der Waals surface area contributed by atoms with Gasteiger partial charge in [-0.05, 0) is 30.7 Å². The highest BCUT2D eigenvalue weighted by atomic mass is 35.5. The first-order valence-electron chi connectivity index (χ1n) is 10.1. The van der Waals surface area contributed by atoms with Gasteiger partial charge in [-0.2, -0.15) is 4.40 Å². The highest BCUT2D eigenvalue weighted by Gasteiger charge is 2.38. The number of pyridine rings is 1. The molecule has 3 N–H and O–H groups in total. The molecule has 0 radical (unpaired) electrons. The molecule has 30 heavy (non-hydrogen) atoms. The van der Waals surface area contributed by atoms with Crippen molar-refractivity contribution >= 4 is 23.0 Å². The summed E-state index contributed by atoms with van der Waals surface area (Å²) < 4.78 is 28.9. The Bertz CT molecular complexity index is 1060. The molecule has 1 unspecified atom stereocenters. The van der Waals surface area contributed by atoms with E-state index in [0.29, 0.717) is 30.4 Å². The number of rotatable bonds is 5. The van der Waals surface area contributed by atoms with Crippen molar-refractivity contribution in [2.45, 2.75) is 38.3 Å². The summed E-state index contributed by atoms with van der Waals surface area (Å²) in [5.74, 6) is -1.98. The molecule has 4 rings (SSSR count). The van der Waals surface area contributed by atoms with Crippen LogP contribution in [0.1, 0.15) is 47.7 Å². The van der Waals surface area contributed by atoms with Crippen LogP contribution in [0.3, 0.4) is 0 Å². The second-order valence-corrected chi connectivity index (χ2v) is 8.31. The molecule has 1 fully saturated rings. The Kier molecular flexibility index (Phi) is 5.75. The van der Waals surface area contributed by atoms with E-state index >= 15 is 0 Å². The molecule has 0 aliphatic carbocycles. The van der Waals surface area contributed by atoms with Gasteiger partial charge in [0.25, 0.3) is 11.8 Å². The van der Waals surface area contributed by atoms with Gasteiger partial charge >= 0.3 is 5.82 Å². The molecule has 0 bridgehead atoms. The van der Waals surface area contributed by atoms with E-state index in [1.807, 2.05) is 53.9 Å². The summed E-state index contributed by atoms with van der Waals surface area (Å²) in [4.78, 5) is 17.4. The quantitative estimate of drug-likeness (QED) is 0.531. The topological polar surface area (TPSA) is 53.4 Å². The monoisotopic (exact) mass is 434 g/mol. The molecule has 8 heteroatoms. The first-order chi connectivity index (χ1) is 14.3. The van der Waals surface area contributed by atoms with Crippen molar-refractivity contribution in [3.05, 3.63) is 70.8 Å². The number of aromatic amines is 1. The van der Waals surface area contributed by atoms with E-state index in [1.54, 1.807) is 6.07 Å². The van der Waals surface area contributed by atoms with Gasteiger partial charge in [0.05, 0.1) is 38.2 Å². The molecule has 1 amide bonds. The highest BCUT2D eigenvalue weighted by Crippen LogP contribution is 2.23. The standard InChI is InChI=1S/C22H23ClF2N4O/c1-15(16-6-2-3-7-17(16)23)26-21(30)20-18-8-4-5-11-29(18)19(27-20)14-28-12-9-22(24,25)10-13-28/h2-8,11,15H,9-10,12-14H2,1H3,(H,26,30)/p+2. The van der Waals surface area contributed by atoms with Crippen LogP contribution in [-0.4, -0.2) is 29.9 Å². The molecule has 1 aromatic carbocycles. The third-order valence-corrected chi connectivity index (χ3v) is 6.07. The summed E-state index contributed by atoms with van der Waals surface area (Å²) in [5, 5.41) is 3.60. The number of imidazole rings is 1. The molecule has 1 aliphatic rings. The van der Waals surface area contributed by atoms with Gasteiger partial charge in [0.2, 0.25) is 5.69 Å². The number of nitrogens with one attached hydrogen (secondary N) is 3. The first-order valence-corrected chi connectivity index (χ1v) is 10.5. The molecule has 0 spiro atoms. The minimum absolute atomic E-state index is 0.103. The number of hydrogen-bond donors (Lipinski definition) is 3. The van der Waals surface area contributed by atoms with E-state index in [9.17, 15) is 13.6 Å². The first kappa shape index (κ1) is 20.8. The Morgan fingerprint density at radius 3 is 2.67 bits per heavy atom. The number of fused-ring (bicyclic) bond motifs is 1. The molecule has 1 aliphatic heterocycles. The largest absolute Gasteiger partial charge is 0.342 e. The van der Waals surface area contributed by atoms with Gasteiger partial charge in [0, 0.05) is 5.02 Å². The van der Waals surface area contributed by atoms with Crippen LogP contribution in [0.25, 0.3) is 5.52 Å². The van der Waals surface area contributed by atoms with Crippen molar-refractivity contribution in [3.63, 3.8) is 0 Å². The number of alkyl halides is 2. The minimum Gasteiger partial charge on any atom is -0.342 e. The number of carbonyl (C=O) groups excluding carboxylic acids is 1. The number of halogens is 3. The third-order valence-electron chi connectivity index (χ3n) is 5.73. The van der Waals surface area contributed by atoms with Gasteiger partial charge in [-0.15, -0.1) is 0 Å². The highest BCUT2D eigenvalue weighted by molar-refractivity contribution is 6.31. The van der Waals surface area contributed by atoms with E-state index in [4.69, 9.17) is 11.6 Å². The summed E-state index contributed by atoms with van der Waals surface area (Å²) in [5.41, 5.74) is 2.04. The Hall–Kier alpha value is -2.51. The second kappa shape index (κ2) is 8.32. The van der Waals surface area contributed by atoms with E-state index in [1.165, 1.54) is 0 Å². The van der Waals surface area contributed by atoms with E-state index in [2.05, 4.69) is 10.3 Å². The van der Waals surface area contributed by atoms with Crippen LogP contribution in [0, 0.1) is 0 Å². The molecule has 2 aromatic heterocycles. The smallest absolute Gasteiger partial charge is 0.316 e. The summed E-state index contributed by atoms with van der Waals surface area (Å²) in [6.07, 6.45) is 1.68. The Morgan fingerprint density at radius 1 is 1.23 bits per heavy atom. The normalized spacial score (nSPS) is 17.7. The molecular formula is C22H25ClF2N4O+2. The zero-order valence-electron chi connectivity index (χ0n) is 16.7. The lowest BCUT2D eigenvalue weighted by Gasteiger charge is -2.27. The van der Waals surface area contributed by atoms with Crippen LogP contribution in [0.15, 0.2) is 48.7 Å². The molecule has 3 heterocycles. The van der Waals surface area contributed by atoms with E-state index in [-0.39, 0.29) is 24.8 Å². The number of hydrogen-bond acceptors (Lipinski definition) is 1. The van der Waals surface area contributed by atoms with Crippen LogP contribution >= 0.6 is 11.6 Å². The molecular weight excluding hydrogens is 410 g/mol. The maximum absolute atomic E-state index is 13.5. The van der Waals surface area contributed by atoms with Crippen molar-refractivity contribution in [1.29, 1.82) is 0 Å². The fourth-order valence-corrected chi connectivity index (χ4v) is 4.31. The van der Waals surface area contributed by atoms with Crippen LogP contribution < -0.4 is 14.6 Å². The average molecular weight is 435 g/mol. The second-order valence-electron chi connectivity index (χ2n) is 7.90. The van der Waals surface area contributed by atoms with Gasteiger partial charge in [-0.3, -0.25) is 4.79 Å². The van der Waals surface area contributed by atoms with Crippen LogP contribution in [0.5, 0.6) is 0 Å². The van der Waals surface area contributed by atoms with Gasteiger partial charge in [0.1, 0.15) is 0 Å². The number of carbonyl (C=O) groups is 1. The number of H-pyrrole nitrogens is 1. The predicted octanol–water partition coefficient (Wildman–Crippen LogP) is 2.71. The Morgan fingerprint density at radius 2 is 1.93 bits per heavy atom. The molecule has 3 aromatic rings. The Labute approximate surface area is 178 Å². The lowest BCUT2D eigenvalue weighted by Crippen LogP contribution is -3.12. The molecule has 158 valence electrons. The SMILES string of the molecule is CC(NC(=O)c1[nH]c(C[NH+]2CCC(F)(F)CC2)[n+]2ccccc12)c1ccccc1Cl. The zero-order chi connectivity index (χ0) is 21.3. The minimum atomic E-state index is -2.56. The molecule has 1 atom stereocenters. The third kappa shape index (κ3) is 4.32. The number of piperidine rings is 1. The van der Waals surface area contributed by atoms with E-state index in [0.717, 1.165) is 21.8 Å². The van der Waals surface area contributed by atoms with Crippen LogP contribution in [-0.2, 0) is 6.54 Å². The summed E-state index contributed by atoms with van der Waals surface area (Å²) in [6.45, 7) is 3.25. The number of likely N-dealkylation sites (tertiary alicyclic amines) is 1. The zero-order valence-corrected chi connectivity index (χ0v) is 17.5. The van der Waals surface area contributed by atoms with Gasteiger partial charge in [0.15, 0.2) is 12.1 Å². The maximum atomic E-state index is 13.5. The van der Waals surface area contributed by atoms with Crippen LogP contribution in [0.2, 0.25) is 5.02 Å². The van der Waals surface area contributed by atoms with Crippen molar-refractivity contribution in [1.82, 2.24) is 10.3 Å². The fourth-order valence-electron chi connectivity index (χ4n) is 4.01. The summed E-state index contributed by atoms with van der Waals surface area (Å²) in [7, 11) is 0. The Balaban J connectivity index is 1.56. The van der Waals surface area contributed by atoms with Crippen molar-refractivity contribution in [3.8, 4) is 0 Å². The van der Waals surface area contributed by atoms with Crippen molar-refractivity contribution in [2.24, 2.45) is 0 Å². The lowest BCUT2D eigenvalue weighted by molar-refractivity contribution is -0.927. The van der Waals surface area contributed by atoms with Gasteiger partial charge < -0.3 is 10.2 Å². The molecule has 0 saturated carbocycles.